The molecule has 57 valence electrons. The second-order valence-corrected chi connectivity index (χ2v) is 3.01. The van der Waals surface area contributed by atoms with Gasteiger partial charge >= 0.3 is 23.1 Å². The summed E-state index contributed by atoms with van der Waals surface area (Å²) in [5.41, 5.74) is 1.41. The molecule has 0 aromatic heterocycles. The first-order valence-electron chi connectivity index (χ1n) is 3.74. The Balaban J connectivity index is 0.000001000. The number of benzene rings is 1. The molecule has 0 N–H and O–H groups in total. The summed E-state index contributed by atoms with van der Waals surface area (Å²) in [6.45, 7) is 4.47. The van der Waals surface area contributed by atoms with E-state index in [1.54, 1.807) is 0 Å². The molecule has 0 heterocycles. The van der Waals surface area contributed by atoms with Gasteiger partial charge in [-0.15, -0.1) is 0 Å². The van der Waals surface area contributed by atoms with Gasteiger partial charge in [-0.3, -0.25) is 0 Å². The molecule has 0 bridgehead atoms. The minimum Gasteiger partial charge on any atom is -0.0625 e. The van der Waals surface area contributed by atoms with E-state index in [4.69, 9.17) is 0 Å². The van der Waals surface area contributed by atoms with Gasteiger partial charge in [0.1, 0.15) is 0 Å². The Morgan fingerprint density at radius 2 is 1.82 bits per heavy atom. The molecule has 0 spiro atoms. The molecule has 1 aromatic carbocycles. The van der Waals surface area contributed by atoms with Crippen molar-refractivity contribution in [2.24, 2.45) is 5.92 Å². The average molecular weight is 160 g/mol. The third kappa shape index (κ3) is 4.43. The molecule has 0 aliphatic heterocycles. The highest BCUT2D eigenvalue weighted by molar-refractivity contribution is 5.75. The lowest BCUT2D eigenvalue weighted by Gasteiger charge is -2.02. The van der Waals surface area contributed by atoms with E-state index in [9.17, 15) is 0 Å². The van der Waals surface area contributed by atoms with Gasteiger partial charge in [0.2, 0.25) is 0 Å². The molecule has 0 aliphatic rings. The summed E-state index contributed by atoms with van der Waals surface area (Å²) in [4.78, 5) is 0. The third-order valence-electron chi connectivity index (χ3n) is 1.43. The fraction of sp³-hybridized carbons (Fsp3) is 0.400. The zero-order valence-electron chi connectivity index (χ0n) is 6.59. The fourth-order valence-corrected chi connectivity index (χ4v) is 1.03. The summed E-state index contributed by atoms with van der Waals surface area (Å²) < 4.78 is 0. The monoisotopic (exact) mass is 159 g/mol. The molecule has 0 fully saturated rings. The van der Waals surface area contributed by atoms with E-state index in [0.717, 1.165) is 5.92 Å². The number of rotatable bonds is 2. The second kappa shape index (κ2) is 5.61. The van der Waals surface area contributed by atoms with Crippen molar-refractivity contribution in [1.29, 1.82) is 0 Å². The number of hydrogen-bond donors (Lipinski definition) is 0. The zero-order chi connectivity index (χ0) is 7.40. The van der Waals surface area contributed by atoms with Gasteiger partial charge in [0, 0.05) is 0 Å². The van der Waals surface area contributed by atoms with Crippen molar-refractivity contribution in [3.63, 3.8) is 0 Å². The molecule has 0 unspecified atom stereocenters. The Morgan fingerprint density at radius 1 is 1.27 bits per heavy atom. The van der Waals surface area contributed by atoms with E-state index in [0.29, 0.717) is 0 Å². The smallest absolute Gasteiger partial charge is 0.0625 e. The Morgan fingerprint density at radius 3 is 2.27 bits per heavy atom. The van der Waals surface area contributed by atoms with Crippen LogP contribution in [0.15, 0.2) is 24.3 Å². The topological polar surface area (TPSA) is 0 Å². The van der Waals surface area contributed by atoms with Crippen LogP contribution in [-0.4, -0.2) is 23.1 Å². The molecule has 1 heteroatoms. The van der Waals surface area contributed by atoms with Crippen LogP contribution in [0.1, 0.15) is 19.4 Å². The maximum Gasteiger partial charge on any atom is 0.316 e. The Labute approximate surface area is 85.2 Å². The molecule has 0 amide bonds. The molecular weight excluding hydrogens is 144 g/mol. The molecular formula is C10H15Mg. The maximum absolute atomic E-state index is 3.01. The van der Waals surface area contributed by atoms with Crippen molar-refractivity contribution in [2.75, 3.05) is 0 Å². The summed E-state index contributed by atoms with van der Waals surface area (Å²) in [5, 5.41) is 0. The fourth-order valence-electron chi connectivity index (χ4n) is 1.03. The van der Waals surface area contributed by atoms with Gasteiger partial charge in [-0.25, -0.2) is 0 Å². The molecule has 0 atom stereocenters. The van der Waals surface area contributed by atoms with Crippen LogP contribution in [0.2, 0.25) is 0 Å². The SMILES string of the molecule is CC(C)Cc1cc[c]cc1.[MgH2]. The maximum atomic E-state index is 3.01. The quantitative estimate of drug-likeness (QED) is 0.577. The van der Waals surface area contributed by atoms with Crippen molar-refractivity contribution >= 4 is 23.1 Å². The summed E-state index contributed by atoms with van der Waals surface area (Å²) in [7, 11) is 0. The van der Waals surface area contributed by atoms with Crippen LogP contribution in [0.5, 0.6) is 0 Å². The van der Waals surface area contributed by atoms with E-state index >= 15 is 0 Å². The lowest BCUT2D eigenvalue weighted by Crippen LogP contribution is -1.92. The van der Waals surface area contributed by atoms with E-state index in [1.165, 1.54) is 12.0 Å². The summed E-state index contributed by atoms with van der Waals surface area (Å²) in [6, 6.07) is 11.2. The first-order chi connectivity index (χ1) is 4.79. The van der Waals surface area contributed by atoms with Crippen LogP contribution in [-0.2, 0) is 6.42 Å². The molecule has 0 saturated heterocycles. The molecule has 11 heavy (non-hydrogen) atoms. The van der Waals surface area contributed by atoms with Crippen molar-refractivity contribution in [3.8, 4) is 0 Å². The van der Waals surface area contributed by atoms with E-state index in [-0.39, 0.29) is 23.1 Å². The highest BCUT2D eigenvalue weighted by Crippen LogP contribution is 2.05. The van der Waals surface area contributed by atoms with Gasteiger partial charge in [-0.05, 0) is 24.0 Å². The molecule has 1 radical (unpaired) electrons. The molecule has 0 saturated carbocycles. The highest BCUT2D eigenvalue weighted by atomic mass is 24.3. The first kappa shape index (κ1) is 11.0. The summed E-state index contributed by atoms with van der Waals surface area (Å²) >= 11 is 0. The van der Waals surface area contributed by atoms with Crippen LogP contribution < -0.4 is 0 Å². The second-order valence-electron chi connectivity index (χ2n) is 3.01. The van der Waals surface area contributed by atoms with Crippen molar-refractivity contribution in [3.05, 3.63) is 35.9 Å². The average Bonchev–Trinajstić information content (AvgIpc) is 1.88. The van der Waals surface area contributed by atoms with Crippen molar-refractivity contribution < 1.29 is 0 Å². The van der Waals surface area contributed by atoms with Crippen molar-refractivity contribution in [1.82, 2.24) is 0 Å². The van der Waals surface area contributed by atoms with Gasteiger partial charge in [0.05, 0.1) is 0 Å². The van der Waals surface area contributed by atoms with Gasteiger partial charge in [0.15, 0.2) is 0 Å². The van der Waals surface area contributed by atoms with Crippen LogP contribution in [0.25, 0.3) is 0 Å². The largest absolute Gasteiger partial charge is 0.316 e. The lowest BCUT2D eigenvalue weighted by molar-refractivity contribution is 0.647. The normalized spacial score (nSPS) is 9.36. The lowest BCUT2D eigenvalue weighted by atomic mass is 10.0. The van der Waals surface area contributed by atoms with Crippen molar-refractivity contribution in [2.45, 2.75) is 20.3 Å². The van der Waals surface area contributed by atoms with Crippen LogP contribution in [0, 0.1) is 12.0 Å². The summed E-state index contributed by atoms with van der Waals surface area (Å²) in [6.07, 6.45) is 1.18. The third-order valence-corrected chi connectivity index (χ3v) is 1.43. The van der Waals surface area contributed by atoms with E-state index in [1.807, 2.05) is 12.1 Å². The highest BCUT2D eigenvalue weighted by Gasteiger charge is 1.94. The van der Waals surface area contributed by atoms with Crippen LogP contribution in [0.3, 0.4) is 0 Å². The summed E-state index contributed by atoms with van der Waals surface area (Å²) in [5.74, 6) is 0.752. The van der Waals surface area contributed by atoms with Gasteiger partial charge in [0.25, 0.3) is 0 Å². The Bertz CT molecular complexity index is 179. The minimum absolute atomic E-state index is 0. The van der Waals surface area contributed by atoms with Crippen LogP contribution >= 0.6 is 0 Å². The van der Waals surface area contributed by atoms with E-state index in [2.05, 4.69) is 32.0 Å². The van der Waals surface area contributed by atoms with Crippen LogP contribution in [0.4, 0.5) is 0 Å². The predicted octanol–water partition coefficient (Wildman–Crippen LogP) is 1.77. The molecule has 1 rings (SSSR count). The van der Waals surface area contributed by atoms with Gasteiger partial charge < -0.3 is 0 Å². The predicted molar refractivity (Wildman–Crippen MR) is 52.4 cm³/mol. The molecule has 1 aromatic rings. The number of hydrogen-bond acceptors (Lipinski definition) is 0. The molecule has 0 aliphatic carbocycles. The zero-order valence-corrected chi connectivity index (χ0v) is 6.59. The van der Waals surface area contributed by atoms with E-state index < -0.39 is 0 Å². The first-order valence-corrected chi connectivity index (χ1v) is 3.74. The molecule has 0 nitrogen and oxygen atoms in total. The Kier molecular flexibility index (Phi) is 5.61. The standard InChI is InChI=1S/C10H13.Mg.2H/c1-9(2)8-10-6-4-3-5-7-10;;;/h4-7,9H,8H2,1-2H3;;;. The minimum atomic E-state index is 0. The van der Waals surface area contributed by atoms with Gasteiger partial charge in [-0.1, -0.05) is 38.1 Å². The Hall–Kier alpha value is -0.0138. The van der Waals surface area contributed by atoms with Gasteiger partial charge in [-0.2, -0.15) is 0 Å².